The number of carboxylic acid groups (broad SMARTS) is 1. The first-order chi connectivity index (χ1) is 9.08. The van der Waals surface area contributed by atoms with E-state index in [9.17, 15) is 14.7 Å². The van der Waals surface area contributed by atoms with Gasteiger partial charge in [0.2, 0.25) is 5.91 Å². The fraction of sp³-hybridized carbons (Fsp3) is 0.643. The first-order valence-corrected chi connectivity index (χ1v) is 6.67. The second-order valence-electron chi connectivity index (χ2n) is 5.31. The van der Waals surface area contributed by atoms with E-state index in [1.807, 2.05) is 25.1 Å². The van der Waals surface area contributed by atoms with Gasteiger partial charge in [0.15, 0.2) is 0 Å². The number of aliphatic carboxylic acids is 1. The maximum atomic E-state index is 12.3. The summed E-state index contributed by atoms with van der Waals surface area (Å²) in [5.74, 6) is -2.20. The van der Waals surface area contributed by atoms with Gasteiger partial charge in [-0.15, -0.1) is 0 Å². The summed E-state index contributed by atoms with van der Waals surface area (Å²) in [5, 5.41) is 20.8. The lowest BCUT2D eigenvalue weighted by atomic mass is 9.82. The summed E-state index contributed by atoms with van der Waals surface area (Å²) in [5.41, 5.74) is 0. The van der Waals surface area contributed by atoms with Gasteiger partial charge in [-0.2, -0.15) is 5.26 Å². The van der Waals surface area contributed by atoms with E-state index in [2.05, 4.69) is 5.32 Å². The number of carbonyl (C=O) groups excluding carboxylic acids is 1. The van der Waals surface area contributed by atoms with E-state index in [0.29, 0.717) is 6.42 Å². The third-order valence-electron chi connectivity index (χ3n) is 4.22. The molecule has 0 aromatic heterocycles. The van der Waals surface area contributed by atoms with Crippen LogP contribution in [0, 0.1) is 35.0 Å². The molecule has 0 aromatic rings. The van der Waals surface area contributed by atoms with Gasteiger partial charge in [-0.05, 0) is 24.7 Å². The van der Waals surface area contributed by atoms with Crippen molar-refractivity contribution in [2.45, 2.75) is 32.2 Å². The molecule has 2 aliphatic carbocycles. The van der Waals surface area contributed by atoms with Crippen molar-refractivity contribution in [3.8, 4) is 6.07 Å². The van der Waals surface area contributed by atoms with Crippen LogP contribution >= 0.6 is 0 Å². The molecule has 1 saturated carbocycles. The second-order valence-corrected chi connectivity index (χ2v) is 5.31. The molecular formula is C14H18N2O3. The standard InChI is InChI=1S/C14H18N2O3/c1-2-10(5-6-15)16-13(17)11-8-3-4-9(7-8)12(11)14(18)19/h3-4,8-12H,2,5,7H2,1H3,(H,16,17)(H,18,19)/t8?,9?,10?,11-,12+/m0/s1. The first-order valence-electron chi connectivity index (χ1n) is 6.67. The van der Waals surface area contributed by atoms with Crippen molar-refractivity contribution in [3.63, 3.8) is 0 Å². The number of nitrogens with one attached hydrogen (secondary N) is 1. The number of hydrogen-bond acceptors (Lipinski definition) is 3. The fourth-order valence-electron chi connectivity index (χ4n) is 3.22. The van der Waals surface area contributed by atoms with Gasteiger partial charge in [0.25, 0.3) is 0 Å². The van der Waals surface area contributed by atoms with Gasteiger partial charge in [-0.1, -0.05) is 19.1 Å². The topological polar surface area (TPSA) is 90.2 Å². The molecule has 0 aromatic carbocycles. The molecule has 5 heteroatoms. The van der Waals surface area contributed by atoms with Crippen molar-refractivity contribution in [2.24, 2.45) is 23.7 Å². The fourth-order valence-corrected chi connectivity index (χ4v) is 3.22. The smallest absolute Gasteiger partial charge is 0.307 e. The van der Waals surface area contributed by atoms with Crippen LogP contribution < -0.4 is 5.32 Å². The quantitative estimate of drug-likeness (QED) is 0.731. The number of nitriles is 1. The highest BCUT2D eigenvalue weighted by atomic mass is 16.4. The Morgan fingerprint density at radius 1 is 1.42 bits per heavy atom. The number of carboxylic acids is 1. The van der Waals surface area contributed by atoms with Crippen molar-refractivity contribution < 1.29 is 14.7 Å². The van der Waals surface area contributed by atoms with Crippen molar-refractivity contribution in [3.05, 3.63) is 12.2 Å². The van der Waals surface area contributed by atoms with Gasteiger partial charge in [-0.3, -0.25) is 9.59 Å². The van der Waals surface area contributed by atoms with E-state index >= 15 is 0 Å². The molecule has 5 atom stereocenters. The maximum absolute atomic E-state index is 12.3. The van der Waals surface area contributed by atoms with Crippen LogP contribution in [0.1, 0.15) is 26.2 Å². The normalized spacial score (nSPS) is 32.8. The lowest BCUT2D eigenvalue weighted by Crippen LogP contribution is -2.44. The summed E-state index contributed by atoms with van der Waals surface area (Å²) in [4.78, 5) is 23.6. The zero-order valence-electron chi connectivity index (χ0n) is 10.9. The summed E-state index contributed by atoms with van der Waals surface area (Å²) in [6, 6.07) is 1.85. The molecule has 1 fully saturated rings. The van der Waals surface area contributed by atoms with Crippen LogP contribution in [-0.4, -0.2) is 23.0 Å². The average Bonchev–Trinajstić information content (AvgIpc) is 2.97. The molecule has 1 amide bonds. The second kappa shape index (κ2) is 5.43. The number of rotatable bonds is 5. The van der Waals surface area contributed by atoms with E-state index in [0.717, 1.165) is 6.42 Å². The Labute approximate surface area is 112 Å². The summed E-state index contributed by atoms with van der Waals surface area (Å²) in [6.45, 7) is 1.90. The van der Waals surface area contributed by atoms with Crippen LogP contribution in [0.15, 0.2) is 12.2 Å². The minimum atomic E-state index is -0.898. The van der Waals surface area contributed by atoms with Crippen LogP contribution in [0.4, 0.5) is 0 Å². The molecule has 2 N–H and O–H groups in total. The Morgan fingerprint density at radius 2 is 2.05 bits per heavy atom. The Morgan fingerprint density at radius 3 is 2.58 bits per heavy atom. The minimum absolute atomic E-state index is 0.0192. The summed E-state index contributed by atoms with van der Waals surface area (Å²) in [6.07, 6.45) is 5.56. The van der Waals surface area contributed by atoms with Crippen LogP contribution in [0.2, 0.25) is 0 Å². The van der Waals surface area contributed by atoms with Crippen LogP contribution in [0.25, 0.3) is 0 Å². The molecule has 5 nitrogen and oxygen atoms in total. The van der Waals surface area contributed by atoms with E-state index in [4.69, 9.17) is 5.26 Å². The van der Waals surface area contributed by atoms with E-state index < -0.39 is 17.8 Å². The lowest BCUT2D eigenvalue weighted by Gasteiger charge is -2.25. The molecule has 0 spiro atoms. The van der Waals surface area contributed by atoms with Gasteiger partial charge < -0.3 is 10.4 Å². The molecular weight excluding hydrogens is 244 g/mol. The molecule has 0 aliphatic heterocycles. The molecule has 3 unspecified atom stereocenters. The molecule has 0 radical (unpaired) electrons. The van der Waals surface area contributed by atoms with Crippen molar-refractivity contribution >= 4 is 11.9 Å². The third kappa shape index (κ3) is 2.48. The zero-order valence-corrected chi connectivity index (χ0v) is 10.9. The number of nitrogens with zero attached hydrogens (tertiary/aromatic N) is 1. The highest BCUT2D eigenvalue weighted by Gasteiger charge is 2.51. The Hall–Kier alpha value is -1.83. The summed E-state index contributed by atoms with van der Waals surface area (Å²) < 4.78 is 0. The Bertz CT molecular complexity index is 452. The third-order valence-corrected chi connectivity index (χ3v) is 4.22. The van der Waals surface area contributed by atoms with E-state index in [-0.39, 0.29) is 30.2 Å². The highest BCUT2D eigenvalue weighted by Crippen LogP contribution is 2.48. The highest BCUT2D eigenvalue weighted by molar-refractivity contribution is 5.87. The Kier molecular flexibility index (Phi) is 3.89. The molecule has 2 bridgehead atoms. The predicted molar refractivity (Wildman–Crippen MR) is 67.8 cm³/mol. The number of hydrogen-bond donors (Lipinski definition) is 2. The lowest BCUT2D eigenvalue weighted by molar-refractivity contribution is -0.148. The monoisotopic (exact) mass is 262 g/mol. The maximum Gasteiger partial charge on any atom is 0.307 e. The number of fused-ring (bicyclic) bond motifs is 2. The molecule has 2 aliphatic rings. The number of carbonyl (C=O) groups is 2. The SMILES string of the molecule is CCC(CC#N)NC(=O)[C@H]1C2C=CC(C2)[C@H]1C(=O)O. The van der Waals surface area contributed by atoms with Gasteiger partial charge in [0.1, 0.15) is 0 Å². The number of allylic oxidation sites excluding steroid dienone is 2. The average molecular weight is 262 g/mol. The van der Waals surface area contributed by atoms with Crippen molar-refractivity contribution in [2.75, 3.05) is 0 Å². The summed E-state index contributed by atoms with van der Waals surface area (Å²) in [7, 11) is 0. The van der Waals surface area contributed by atoms with Gasteiger partial charge >= 0.3 is 5.97 Å². The molecule has 0 heterocycles. The van der Waals surface area contributed by atoms with Gasteiger partial charge in [0.05, 0.1) is 24.3 Å². The molecule has 0 saturated heterocycles. The van der Waals surface area contributed by atoms with Crippen LogP contribution in [0.5, 0.6) is 0 Å². The summed E-state index contributed by atoms with van der Waals surface area (Å²) >= 11 is 0. The predicted octanol–water partition coefficient (Wildman–Crippen LogP) is 1.32. The van der Waals surface area contributed by atoms with E-state index in [1.165, 1.54) is 0 Å². The molecule has 2 rings (SSSR count). The molecule has 102 valence electrons. The molecule has 19 heavy (non-hydrogen) atoms. The van der Waals surface area contributed by atoms with Gasteiger partial charge in [-0.25, -0.2) is 0 Å². The van der Waals surface area contributed by atoms with Gasteiger partial charge in [0, 0.05) is 6.04 Å². The largest absolute Gasteiger partial charge is 0.481 e. The zero-order chi connectivity index (χ0) is 14.0. The van der Waals surface area contributed by atoms with Crippen LogP contribution in [-0.2, 0) is 9.59 Å². The minimum Gasteiger partial charge on any atom is -0.481 e. The van der Waals surface area contributed by atoms with Crippen LogP contribution in [0.3, 0.4) is 0 Å². The number of amides is 1. The first kappa shape index (κ1) is 13.6. The van der Waals surface area contributed by atoms with Crippen molar-refractivity contribution in [1.82, 2.24) is 5.32 Å². The van der Waals surface area contributed by atoms with Crippen molar-refractivity contribution in [1.29, 1.82) is 5.26 Å². The van der Waals surface area contributed by atoms with E-state index in [1.54, 1.807) is 0 Å². The Balaban J connectivity index is 2.08.